The highest BCUT2D eigenvalue weighted by Crippen LogP contribution is 2.17. The Kier molecular flexibility index (Phi) is 3.08. The number of hydrogen-bond donors (Lipinski definition) is 1. The lowest BCUT2D eigenvalue weighted by atomic mass is 9.95. The lowest BCUT2D eigenvalue weighted by Gasteiger charge is -2.21. The quantitative estimate of drug-likeness (QED) is 0.809. The number of halogens is 1. The lowest BCUT2D eigenvalue weighted by molar-refractivity contribution is 0.373. The second-order valence-corrected chi connectivity index (χ2v) is 4.39. The van der Waals surface area contributed by atoms with Gasteiger partial charge in [0.15, 0.2) is 0 Å². The van der Waals surface area contributed by atoms with Crippen molar-refractivity contribution in [2.45, 2.75) is 19.3 Å². The van der Waals surface area contributed by atoms with Gasteiger partial charge in [0, 0.05) is 7.05 Å². The molecule has 0 bridgehead atoms. The first kappa shape index (κ1) is 9.99. The van der Waals surface area contributed by atoms with Gasteiger partial charge in [-0.05, 0) is 44.3 Å². The molecule has 0 saturated carbocycles. The lowest BCUT2D eigenvalue weighted by Crippen LogP contribution is -2.30. The number of hydrogen-bond acceptors (Lipinski definition) is 2. The SMILES string of the molecule is Cn1nc(CC2CCCNC2)cc1Cl. The van der Waals surface area contributed by atoms with Crippen molar-refractivity contribution in [3.8, 4) is 0 Å². The Hall–Kier alpha value is -0.540. The molecule has 2 rings (SSSR count). The first-order valence-electron chi connectivity index (χ1n) is 5.15. The summed E-state index contributed by atoms with van der Waals surface area (Å²) >= 11 is 5.93. The highest BCUT2D eigenvalue weighted by Gasteiger charge is 2.15. The molecule has 0 amide bonds. The molecule has 0 aromatic carbocycles. The molecule has 3 nitrogen and oxygen atoms in total. The van der Waals surface area contributed by atoms with Gasteiger partial charge in [0.2, 0.25) is 0 Å². The van der Waals surface area contributed by atoms with Crippen molar-refractivity contribution in [2.75, 3.05) is 13.1 Å². The topological polar surface area (TPSA) is 29.9 Å². The molecule has 1 aromatic heterocycles. The van der Waals surface area contributed by atoms with E-state index in [1.807, 2.05) is 13.1 Å². The summed E-state index contributed by atoms with van der Waals surface area (Å²) in [6.07, 6.45) is 3.64. The van der Waals surface area contributed by atoms with Gasteiger partial charge in [-0.25, -0.2) is 0 Å². The summed E-state index contributed by atoms with van der Waals surface area (Å²) in [6.45, 7) is 2.29. The summed E-state index contributed by atoms with van der Waals surface area (Å²) in [4.78, 5) is 0. The minimum Gasteiger partial charge on any atom is -0.316 e. The molecule has 1 aromatic rings. The summed E-state index contributed by atoms with van der Waals surface area (Å²) in [7, 11) is 1.88. The van der Waals surface area contributed by atoms with E-state index in [0.29, 0.717) is 0 Å². The normalized spacial score (nSPS) is 22.6. The van der Waals surface area contributed by atoms with Crippen LogP contribution in [0, 0.1) is 5.92 Å². The van der Waals surface area contributed by atoms with Crippen LogP contribution in [-0.4, -0.2) is 22.9 Å². The summed E-state index contributed by atoms with van der Waals surface area (Å²) in [5, 5.41) is 8.50. The van der Waals surface area contributed by atoms with E-state index in [2.05, 4.69) is 10.4 Å². The maximum absolute atomic E-state index is 5.93. The van der Waals surface area contributed by atoms with E-state index in [-0.39, 0.29) is 0 Å². The van der Waals surface area contributed by atoms with E-state index in [1.54, 1.807) is 4.68 Å². The van der Waals surface area contributed by atoms with Gasteiger partial charge in [0.25, 0.3) is 0 Å². The van der Waals surface area contributed by atoms with E-state index < -0.39 is 0 Å². The third-order valence-electron chi connectivity index (χ3n) is 2.77. The minimum absolute atomic E-state index is 0.726. The van der Waals surface area contributed by atoms with E-state index in [4.69, 9.17) is 11.6 Å². The van der Waals surface area contributed by atoms with Gasteiger partial charge in [-0.2, -0.15) is 5.10 Å². The molecule has 1 N–H and O–H groups in total. The highest BCUT2D eigenvalue weighted by atomic mass is 35.5. The van der Waals surface area contributed by atoms with E-state index in [0.717, 1.165) is 29.7 Å². The summed E-state index contributed by atoms with van der Waals surface area (Å²) in [5.41, 5.74) is 1.12. The number of piperidine rings is 1. The molecule has 0 aliphatic carbocycles. The molecule has 2 heterocycles. The smallest absolute Gasteiger partial charge is 0.126 e. The summed E-state index contributed by atoms with van der Waals surface area (Å²) in [5.74, 6) is 0.731. The van der Waals surface area contributed by atoms with Gasteiger partial charge in [0.1, 0.15) is 5.15 Å². The van der Waals surface area contributed by atoms with Crippen molar-refractivity contribution in [1.82, 2.24) is 15.1 Å². The molecule has 1 aliphatic rings. The molecule has 4 heteroatoms. The number of nitrogens with one attached hydrogen (secondary N) is 1. The first-order chi connectivity index (χ1) is 6.75. The standard InChI is InChI=1S/C10H16ClN3/c1-14-10(11)6-9(13-14)5-8-3-2-4-12-7-8/h6,8,12H,2-5,7H2,1H3. The molecule has 1 aliphatic heterocycles. The van der Waals surface area contributed by atoms with Crippen molar-refractivity contribution < 1.29 is 0 Å². The second kappa shape index (κ2) is 4.32. The van der Waals surface area contributed by atoms with Crippen molar-refractivity contribution in [2.24, 2.45) is 13.0 Å². The number of aromatic nitrogens is 2. The number of aryl methyl sites for hydroxylation is 1. The zero-order valence-corrected chi connectivity index (χ0v) is 9.22. The van der Waals surface area contributed by atoms with Crippen LogP contribution < -0.4 is 5.32 Å². The van der Waals surface area contributed by atoms with Crippen LogP contribution in [-0.2, 0) is 13.5 Å². The van der Waals surface area contributed by atoms with E-state index in [1.165, 1.54) is 19.4 Å². The summed E-state index contributed by atoms with van der Waals surface area (Å²) < 4.78 is 1.73. The average Bonchev–Trinajstić information content (AvgIpc) is 2.47. The number of nitrogens with zero attached hydrogens (tertiary/aromatic N) is 2. The molecule has 0 spiro atoms. The third kappa shape index (κ3) is 2.28. The summed E-state index contributed by atoms with van der Waals surface area (Å²) in [6, 6.07) is 1.97. The zero-order valence-electron chi connectivity index (χ0n) is 8.46. The molecule has 1 fully saturated rings. The van der Waals surface area contributed by atoms with E-state index >= 15 is 0 Å². The fourth-order valence-electron chi connectivity index (χ4n) is 1.99. The van der Waals surface area contributed by atoms with Gasteiger partial charge >= 0.3 is 0 Å². The van der Waals surface area contributed by atoms with Crippen LogP contribution in [0.2, 0.25) is 5.15 Å². The van der Waals surface area contributed by atoms with E-state index in [9.17, 15) is 0 Å². The number of rotatable bonds is 2. The van der Waals surface area contributed by atoms with Crippen LogP contribution in [0.3, 0.4) is 0 Å². The minimum atomic E-state index is 0.726. The Balaban J connectivity index is 1.95. The van der Waals surface area contributed by atoms with Crippen LogP contribution in [0.5, 0.6) is 0 Å². The highest BCUT2D eigenvalue weighted by molar-refractivity contribution is 6.29. The van der Waals surface area contributed by atoms with Gasteiger partial charge in [-0.15, -0.1) is 0 Å². The fourth-order valence-corrected chi connectivity index (χ4v) is 2.16. The van der Waals surface area contributed by atoms with Crippen LogP contribution in [0.1, 0.15) is 18.5 Å². The van der Waals surface area contributed by atoms with Gasteiger partial charge in [-0.3, -0.25) is 4.68 Å². The molecule has 14 heavy (non-hydrogen) atoms. The van der Waals surface area contributed by atoms with Crippen LogP contribution >= 0.6 is 11.6 Å². The molecule has 1 saturated heterocycles. The maximum atomic E-state index is 5.93. The predicted octanol–water partition coefficient (Wildman–Crippen LogP) is 1.62. The monoisotopic (exact) mass is 213 g/mol. The Morgan fingerprint density at radius 3 is 3.14 bits per heavy atom. The van der Waals surface area contributed by atoms with Crippen molar-refractivity contribution in [1.29, 1.82) is 0 Å². The molecule has 1 unspecified atom stereocenters. The molecular weight excluding hydrogens is 198 g/mol. The average molecular weight is 214 g/mol. The Labute approximate surface area is 89.4 Å². The van der Waals surface area contributed by atoms with Gasteiger partial charge in [0.05, 0.1) is 5.69 Å². The molecule has 78 valence electrons. The van der Waals surface area contributed by atoms with Crippen LogP contribution in [0.25, 0.3) is 0 Å². The van der Waals surface area contributed by atoms with Crippen LogP contribution in [0.15, 0.2) is 6.07 Å². The van der Waals surface area contributed by atoms with Crippen molar-refractivity contribution >= 4 is 11.6 Å². The third-order valence-corrected chi connectivity index (χ3v) is 3.12. The Morgan fingerprint density at radius 1 is 1.71 bits per heavy atom. The van der Waals surface area contributed by atoms with Crippen molar-refractivity contribution in [3.05, 3.63) is 16.9 Å². The zero-order chi connectivity index (χ0) is 9.97. The fraction of sp³-hybridized carbons (Fsp3) is 0.700. The predicted molar refractivity (Wildman–Crippen MR) is 57.5 cm³/mol. The molecular formula is C10H16ClN3. The Morgan fingerprint density at radius 2 is 2.57 bits per heavy atom. The van der Waals surface area contributed by atoms with Gasteiger partial charge in [-0.1, -0.05) is 11.6 Å². The Bertz CT molecular complexity index is 283. The van der Waals surface area contributed by atoms with Gasteiger partial charge < -0.3 is 5.32 Å². The molecule has 0 radical (unpaired) electrons. The first-order valence-corrected chi connectivity index (χ1v) is 5.52. The largest absolute Gasteiger partial charge is 0.316 e. The van der Waals surface area contributed by atoms with Crippen LogP contribution in [0.4, 0.5) is 0 Å². The second-order valence-electron chi connectivity index (χ2n) is 4.00. The van der Waals surface area contributed by atoms with Crippen molar-refractivity contribution in [3.63, 3.8) is 0 Å². The molecule has 1 atom stereocenters. The maximum Gasteiger partial charge on any atom is 0.126 e.